The first kappa shape index (κ1) is 31.0. The molecular weight excluding hydrogens is 604 g/mol. The maximum atomic E-state index is 13.9. The summed E-state index contributed by atoms with van der Waals surface area (Å²) in [6, 6.07) is 15.6. The summed E-state index contributed by atoms with van der Waals surface area (Å²) in [4.78, 5) is 28.1. The van der Waals surface area contributed by atoms with Crippen LogP contribution in [-0.2, 0) is 26.2 Å². The molecule has 12 heteroatoms. The van der Waals surface area contributed by atoms with E-state index in [1.807, 2.05) is 0 Å². The third-order valence-corrected chi connectivity index (χ3v) is 9.02. The average Bonchev–Trinajstić information content (AvgIpc) is 2.88. The molecule has 0 aliphatic rings. The first-order chi connectivity index (χ1) is 18.3. The Morgan fingerprint density at radius 2 is 1.44 bits per heavy atom. The smallest absolute Gasteiger partial charge is 0.264 e. The second-order valence-electron chi connectivity index (χ2n) is 8.98. The Kier molecular flexibility index (Phi) is 10.5. The highest BCUT2D eigenvalue weighted by Crippen LogP contribution is 2.31. The summed E-state index contributed by atoms with van der Waals surface area (Å²) in [6.07, 6.45) is 0. The van der Waals surface area contributed by atoms with Crippen LogP contribution in [0.25, 0.3) is 0 Å². The Morgan fingerprint density at radius 1 is 0.821 bits per heavy atom. The minimum Gasteiger partial charge on any atom is -0.352 e. The molecule has 0 aliphatic carbocycles. The van der Waals surface area contributed by atoms with Crippen molar-refractivity contribution in [1.29, 1.82) is 0 Å². The van der Waals surface area contributed by atoms with Crippen LogP contribution >= 0.6 is 46.4 Å². The molecule has 0 bridgehead atoms. The molecule has 2 amide bonds. The van der Waals surface area contributed by atoms with Crippen molar-refractivity contribution in [2.24, 2.45) is 0 Å². The molecule has 0 saturated carbocycles. The van der Waals surface area contributed by atoms with E-state index in [0.717, 1.165) is 4.31 Å². The van der Waals surface area contributed by atoms with Crippen LogP contribution in [0.3, 0.4) is 0 Å². The van der Waals surface area contributed by atoms with Gasteiger partial charge in [0.15, 0.2) is 0 Å². The Morgan fingerprint density at radius 3 is 2.00 bits per heavy atom. The Labute approximate surface area is 248 Å². The Bertz CT molecular complexity index is 1430. The van der Waals surface area contributed by atoms with E-state index in [-0.39, 0.29) is 33.2 Å². The molecule has 1 unspecified atom stereocenters. The van der Waals surface area contributed by atoms with Crippen molar-refractivity contribution in [3.8, 4) is 0 Å². The quantitative estimate of drug-likeness (QED) is 0.279. The zero-order chi connectivity index (χ0) is 28.9. The Hall–Kier alpha value is -2.49. The second-order valence-corrected chi connectivity index (χ2v) is 12.5. The highest BCUT2D eigenvalue weighted by atomic mass is 35.5. The number of carbonyl (C=O) groups is 2. The zero-order valence-corrected chi connectivity index (χ0v) is 25.2. The molecule has 0 radical (unpaired) electrons. The van der Waals surface area contributed by atoms with E-state index in [4.69, 9.17) is 46.4 Å². The van der Waals surface area contributed by atoms with Crippen molar-refractivity contribution in [3.05, 3.63) is 92.4 Å². The molecule has 0 saturated heterocycles. The van der Waals surface area contributed by atoms with E-state index in [9.17, 15) is 18.0 Å². The normalized spacial score (nSPS) is 12.2. The zero-order valence-electron chi connectivity index (χ0n) is 21.4. The number of nitrogens with zero attached hydrogens (tertiary/aromatic N) is 2. The summed E-state index contributed by atoms with van der Waals surface area (Å²) >= 11 is 25.0. The van der Waals surface area contributed by atoms with Crippen LogP contribution in [0.4, 0.5) is 5.69 Å². The van der Waals surface area contributed by atoms with E-state index in [0.29, 0.717) is 15.6 Å². The van der Waals surface area contributed by atoms with Crippen LogP contribution in [0, 0.1) is 0 Å². The standard InChI is InChI=1S/C27H27Cl4N3O4S/c1-17(2)32-27(36)18(3)33(15-21-22(28)10-7-11-23(21)29)26(35)16-34(19-12-13-24(30)25(31)14-19)39(37,38)20-8-5-4-6-9-20/h4-14,17-18H,15-16H2,1-3H3,(H,32,36). The van der Waals surface area contributed by atoms with Gasteiger partial charge in [-0.15, -0.1) is 0 Å². The van der Waals surface area contributed by atoms with Gasteiger partial charge in [0.25, 0.3) is 10.0 Å². The van der Waals surface area contributed by atoms with Gasteiger partial charge in [-0.25, -0.2) is 8.42 Å². The number of rotatable bonds is 10. The van der Waals surface area contributed by atoms with Crippen LogP contribution in [0.2, 0.25) is 20.1 Å². The molecule has 3 aromatic carbocycles. The van der Waals surface area contributed by atoms with E-state index >= 15 is 0 Å². The summed E-state index contributed by atoms with van der Waals surface area (Å²) in [5.41, 5.74) is 0.544. The fourth-order valence-corrected chi connectivity index (χ4v) is 5.97. The predicted molar refractivity (Wildman–Crippen MR) is 157 cm³/mol. The maximum absolute atomic E-state index is 13.9. The second kappa shape index (κ2) is 13.2. The number of benzene rings is 3. The van der Waals surface area contributed by atoms with Crippen molar-refractivity contribution in [2.75, 3.05) is 10.8 Å². The van der Waals surface area contributed by atoms with Crippen molar-refractivity contribution >= 4 is 73.9 Å². The van der Waals surface area contributed by atoms with Crippen LogP contribution < -0.4 is 9.62 Å². The highest BCUT2D eigenvalue weighted by Gasteiger charge is 2.33. The molecule has 1 N–H and O–H groups in total. The number of halogens is 4. The largest absolute Gasteiger partial charge is 0.352 e. The molecular formula is C27H27Cl4N3O4S. The molecule has 39 heavy (non-hydrogen) atoms. The molecule has 0 aliphatic heterocycles. The number of anilines is 1. The molecule has 208 valence electrons. The van der Waals surface area contributed by atoms with Crippen LogP contribution in [0.5, 0.6) is 0 Å². The molecule has 1 atom stereocenters. The lowest BCUT2D eigenvalue weighted by Crippen LogP contribution is -2.52. The lowest BCUT2D eigenvalue weighted by molar-refractivity contribution is -0.139. The van der Waals surface area contributed by atoms with Crippen LogP contribution in [0.15, 0.2) is 71.6 Å². The molecule has 3 aromatic rings. The van der Waals surface area contributed by atoms with Crippen molar-refractivity contribution in [2.45, 2.75) is 44.3 Å². The summed E-state index contributed by atoms with van der Waals surface area (Å²) in [7, 11) is -4.24. The van der Waals surface area contributed by atoms with Gasteiger partial charge in [-0.3, -0.25) is 13.9 Å². The molecule has 3 rings (SSSR count). The lowest BCUT2D eigenvalue weighted by atomic mass is 10.1. The van der Waals surface area contributed by atoms with Crippen molar-refractivity contribution in [1.82, 2.24) is 10.2 Å². The van der Waals surface area contributed by atoms with Crippen molar-refractivity contribution in [3.63, 3.8) is 0 Å². The number of sulfonamides is 1. The van der Waals surface area contributed by atoms with E-state index in [1.54, 1.807) is 57.2 Å². The molecule has 0 aromatic heterocycles. The van der Waals surface area contributed by atoms with E-state index in [2.05, 4.69) is 5.32 Å². The topological polar surface area (TPSA) is 86.8 Å². The SMILES string of the molecule is CC(C)NC(=O)C(C)N(Cc1c(Cl)cccc1Cl)C(=O)CN(c1ccc(Cl)c(Cl)c1)S(=O)(=O)c1ccccc1. The minimum atomic E-state index is -4.24. The fourth-order valence-electron chi connectivity index (χ4n) is 3.73. The molecule has 0 spiro atoms. The number of hydrogen-bond donors (Lipinski definition) is 1. The minimum absolute atomic E-state index is 0.0322. The molecule has 0 heterocycles. The van der Waals surface area contributed by atoms with E-state index < -0.39 is 34.4 Å². The van der Waals surface area contributed by atoms with Gasteiger partial charge < -0.3 is 10.2 Å². The number of amides is 2. The van der Waals surface area contributed by atoms with Gasteiger partial charge in [0.2, 0.25) is 11.8 Å². The van der Waals surface area contributed by atoms with Crippen molar-refractivity contribution < 1.29 is 18.0 Å². The third-order valence-electron chi connectivity index (χ3n) is 5.79. The van der Waals surface area contributed by atoms with Gasteiger partial charge in [-0.2, -0.15) is 0 Å². The molecule has 0 fully saturated rings. The summed E-state index contributed by atoms with van der Waals surface area (Å²) in [5, 5.41) is 3.72. The average molecular weight is 631 g/mol. The number of hydrogen-bond acceptors (Lipinski definition) is 4. The first-order valence-corrected chi connectivity index (χ1v) is 14.8. The third kappa shape index (κ3) is 7.58. The summed E-state index contributed by atoms with van der Waals surface area (Å²) in [5.74, 6) is -1.09. The van der Waals surface area contributed by atoms with Gasteiger partial charge in [0.1, 0.15) is 12.6 Å². The molecule has 7 nitrogen and oxygen atoms in total. The first-order valence-electron chi connectivity index (χ1n) is 11.9. The van der Waals surface area contributed by atoms with Gasteiger partial charge in [0, 0.05) is 28.2 Å². The lowest BCUT2D eigenvalue weighted by Gasteiger charge is -2.32. The predicted octanol–water partition coefficient (Wildman–Crippen LogP) is 6.44. The number of nitrogens with one attached hydrogen (secondary N) is 1. The monoisotopic (exact) mass is 629 g/mol. The summed E-state index contributed by atoms with van der Waals surface area (Å²) in [6.45, 7) is 4.36. The van der Waals surface area contributed by atoms with Crippen LogP contribution in [-0.4, -0.2) is 43.8 Å². The summed E-state index contributed by atoms with van der Waals surface area (Å²) < 4.78 is 28.5. The van der Waals surface area contributed by atoms with E-state index in [1.165, 1.54) is 35.2 Å². The van der Waals surface area contributed by atoms with Gasteiger partial charge in [-0.1, -0.05) is 70.7 Å². The Balaban J connectivity index is 2.08. The van der Waals surface area contributed by atoms with Crippen LogP contribution in [0.1, 0.15) is 26.3 Å². The number of carbonyl (C=O) groups excluding carboxylic acids is 2. The maximum Gasteiger partial charge on any atom is 0.264 e. The van der Waals surface area contributed by atoms with Gasteiger partial charge in [-0.05, 0) is 63.2 Å². The highest BCUT2D eigenvalue weighted by molar-refractivity contribution is 7.92. The fraction of sp³-hybridized carbons (Fsp3) is 0.259. The van der Waals surface area contributed by atoms with Gasteiger partial charge in [0.05, 0.1) is 20.6 Å². The van der Waals surface area contributed by atoms with Gasteiger partial charge >= 0.3 is 0 Å².